The van der Waals surface area contributed by atoms with Crippen molar-refractivity contribution in [2.45, 2.75) is 36.5 Å². The zero-order chi connectivity index (χ0) is 34.7. The van der Waals surface area contributed by atoms with Crippen LogP contribution >= 0.6 is 0 Å². The first kappa shape index (κ1) is 32.3. The van der Waals surface area contributed by atoms with Gasteiger partial charge in [-0.3, -0.25) is 4.79 Å². The minimum absolute atomic E-state index is 0.0480. The number of carboxylic acid groups (broad SMARTS) is 1. The summed E-state index contributed by atoms with van der Waals surface area (Å²) in [7, 11) is 0. The van der Waals surface area contributed by atoms with E-state index in [1.807, 2.05) is 0 Å². The van der Waals surface area contributed by atoms with Crippen LogP contribution < -0.4 is 0 Å². The number of aliphatic hydroxyl groups is 2. The van der Waals surface area contributed by atoms with Crippen LogP contribution in [0.4, 0.5) is 17.6 Å². The van der Waals surface area contributed by atoms with Gasteiger partial charge >= 0.3 is 5.97 Å². The lowest BCUT2D eigenvalue weighted by atomic mass is 9.93. The number of aliphatic hydroxyl groups excluding tert-OH is 2. The summed E-state index contributed by atoms with van der Waals surface area (Å²) < 4.78 is 58.6. The molecule has 0 aliphatic heterocycles. The number of carbonyl (C=O) groups is 2. The predicted molar refractivity (Wildman–Crippen MR) is 176 cm³/mol. The fourth-order valence-electron chi connectivity index (χ4n) is 6.61. The van der Waals surface area contributed by atoms with Crippen LogP contribution in [0.25, 0.3) is 44.1 Å². The predicted octanol–water partition coefficient (Wildman–Crippen LogP) is 7.78. The standard InChI is InChI=1S/C19H15F2NO3.C19H15F2NO2/c20-13-7-14-16(12(8-22-14)18(24)25)17(21)15(13)10-1-3-11(4-2-10)19(9-23)5-6-19;20-14-7-15-17(12(9-23)8-22-15)18(21)16(14)11-1-3-13(4-2-11)19(10-24)5-6-19/h1-4,7-8,22-23H,5-6,9H2,(H,24,25);1-4,7-9,22,24H,5-6,10H2. The van der Waals surface area contributed by atoms with Crippen molar-refractivity contribution in [1.29, 1.82) is 0 Å². The fraction of sp³-hybridized carbons (Fsp3) is 0.211. The Morgan fingerprint density at radius 3 is 1.53 bits per heavy atom. The van der Waals surface area contributed by atoms with Crippen LogP contribution in [-0.4, -0.2) is 50.8 Å². The Hall–Kier alpha value is -5.26. The highest BCUT2D eigenvalue weighted by atomic mass is 19.1. The van der Waals surface area contributed by atoms with Crippen LogP contribution in [0.15, 0.2) is 73.1 Å². The molecule has 7 nitrogen and oxygen atoms in total. The molecule has 0 unspecified atom stereocenters. The van der Waals surface area contributed by atoms with E-state index in [9.17, 15) is 42.5 Å². The Morgan fingerprint density at radius 2 is 1.12 bits per heavy atom. The van der Waals surface area contributed by atoms with Crippen LogP contribution in [0.3, 0.4) is 0 Å². The lowest BCUT2D eigenvalue weighted by Gasteiger charge is -2.13. The summed E-state index contributed by atoms with van der Waals surface area (Å²) in [5.41, 5.74) is 2.12. The van der Waals surface area contributed by atoms with E-state index < -0.39 is 29.2 Å². The van der Waals surface area contributed by atoms with Gasteiger partial charge in [-0.05, 0) is 60.1 Å². The quantitative estimate of drug-likeness (QED) is 0.0835. The van der Waals surface area contributed by atoms with Crippen molar-refractivity contribution in [1.82, 2.24) is 9.97 Å². The molecule has 0 bridgehead atoms. The molecule has 2 aliphatic rings. The van der Waals surface area contributed by atoms with Crippen LogP contribution in [0.5, 0.6) is 0 Å². The van der Waals surface area contributed by atoms with Crippen LogP contribution in [0, 0.1) is 23.3 Å². The van der Waals surface area contributed by atoms with E-state index in [0.29, 0.717) is 17.4 Å². The smallest absolute Gasteiger partial charge is 0.337 e. The van der Waals surface area contributed by atoms with Crippen LogP contribution in [0.2, 0.25) is 0 Å². The van der Waals surface area contributed by atoms with E-state index in [0.717, 1.165) is 49.1 Å². The SMILES string of the molecule is O=C(O)c1c[nH]c2cc(F)c(-c3ccc(C4(CO)CC4)cc3)c(F)c12.O=Cc1c[nH]c2cc(F)c(-c3ccc(C4(CO)CC4)cc3)c(F)c12. The van der Waals surface area contributed by atoms with Gasteiger partial charge in [-0.15, -0.1) is 0 Å². The molecule has 6 aromatic rings. The van der Waals surface area contributed by atoms with E-state index in [1.165, 1.54) is 12.3 Å². The maximum absolute atomic E-state index is 14.9. The number of aldehydes is 1. The second kappa shape index (κ2) is 12.0. The third-order valence-electron chi connectivity index (χ3n) is 9.99. The van der Waals surface area contributed by atoms with Crippen LogP contribution in [-0.2, 0) is 10.8 Å². The number of carbonyl (C=O) groups excluding carboxylic acids is 1. The average molecular weight is 671 g/mol. The minimum atomic E-state index is -1.28. The number of hydrogen-bond acceptors (Lipinski definition) is 4. The number of benzene rings is 4. The number of halogens is 4. The maximum atomic E-state index is 14.9. The topological polar surface area (TPSA) is 126 Å². The summed E-state index contributed by atoms with van der Waals surface area (Å²) >= 11 is 0. The highest BCUT2D eigenvalue weighted by Gasteiger charge is 2.44. The van der Waals surface area contributed by atoms with Crippen molar-refractivity contribution >= 4 is 34.1 Å². The van der Waals surface area contributed by atoms with Gasteiger partial charge < -0.3 is 25.3 Å². The molecule has 0 amide bonds. The largest absolute Gasteiger partial charge is 0.478 e. The molecule has 0 saturated heterocycles. The van der Waals surface area contributed by atoms with Gasteiger partial charge in [-0.25, -0.2) is 22.4 Å². The molecular formula is C38H30F4N2O5. The zero-order valence-electron chi connectivity index (χ0n) is 25.9. The molecule has 2 fully saturated rings. The zero-order valence-corrected chi connectivity index (χ0v) is 25.9. The van der Waals surface area contributed by atoms with Crippen molar-refractivity contribution in [3.05, 3.63) is 119 Å². The van der Waals surface area contributed by atoms with Gasteiger partial charge in [0.1, 0.15) is 23.3 Å². The first-order chi connectivity index (χ1) is 23.6. The van der Waals surface area contributed by atoms with Crippen molar-refractivity contribution in [3.8, 4) is 22.3 Å². The third-order valence-corrected chi connectivity index (χ3v) is 9.99. The normalized spacial score (nSPS) is 15.6. The summed E-state index contributed by atoms with van der Waals surface area (Å²) in [5.74, 6) is -4.37. The fourth-order valence-corrected chi connectivity index (χ4v) is 6.61. The number of carboxylic acids is 1. The number of hydrogen-bond donors (Lipinski definition) is 5. The first-order valence-electron chi connectivity index (χ1n) is 15.7. The number of aromatic carboxylic acids is 1. The molecule has 2 saturated carbocycles. The Morgan fingerprint density at radius 1 is 0.694 bits per heavy atom. The van der Waals surface area contributed by atoms with E-state index in [1.54, 1.807) is 48.5 Å². The third kappa shape index (κ3) is 5.39. The number of fused-ring (bicyclic) bond motifs is 2. The molecule has 2 aromatic heterocycles. The average Bonchev–Trinajstić information content (AvgIpc) is 4.00. The number of rotatable bonds is 8. The molecule has 0 atom stereocenters. The molecule has 11 heteroatoms. The van der Waals surface area contributed by atoms with Crippen molar-refractivity contribution in [2.75, 3.05) is 13.2 Å². The molecule has 8 rings (SSSR count). The Labute approximate surface area is 276 Å². The molecule has 0 spiro atoms. The summed E-state index contributed by atoms with van der Waals surface area (Å²) in [5, 5.41) is 28.1. The van der Waals surface area contributed by atoms with E-state index in [4.69, 9.17) is 0 Å². The van der Waals surface area contributed by atoms with E-state index in [-0.39, 0.29) is 68.1 Å². The summed E-state index contributed by atoms with van der Waals surface area (Å²) in [6, 6.07) is 16.0. The Kier molecular flexibility index (Phi) is 7.92. The van der Waals surface area contributed by atoms with Crippen molar-refractivity contribution in [2.24, 2.45) is 0 Å². The molecule has 4 aromatic carbocycles. The Bertz CT molecular complexity index is 2250. The second-order valence-corrected chi connectivity index (χ2v) is 12.8. The van der Waals surface area contributed by atoms with E-state index >= 15 is 0 Å². The van der Waals surface area contributed by atoms with Crippen LogP contribution in [0.1, 0.15) is 57.5 Å². The second-order valence-electron chi connectivity index (χ2n) is 12.8. The summed E-state index contributed by atoms with van der Waals surface area (Å²) in [6.07, 6.45) is 6.69. The summed E-state index contributed by atoms with van der Waals surface area (Å²) in [4.78, 5) is 27.6. The first-order valence-corrected chi connectivity index (χ1v) is 15.7. The van der Waals surface area contributed by atoms with Gasteiger partial charge in [0.05, 0.1) is 46.3 Å². The highest BCUT2D eigenvalue weighted by molar-refractivity contribution is 6.05. The molecular weight excluding hydrogens is 640 g/mol. The number of aromatic nitrogens is 2. The van der Waals surface area contributed by atoms with Crippen molar-refractivity contribution < 1.29 is 42.5 Å². The number of nitrogens with one attached hydrogen (secondary N) is 2. The maximum Gasteiger partial charge on any atom is 0.337 e. The Balaban J connectivity index is 0.000000154. The van der Waals surface area contributed by atoms with Crippen molar-refractivity contribution in [3.63, 3.8) is 0 Å². The molecule has 5 N–H and O–H groups in total. The molecule has 2 aliphatic carbocycles. The molecule has 2 heterocycles. The summed E-state index contributed by atoms with van der Waals surface area (Å²) in [6.45, 7) is 0.124. The van der Waals surface area contributed by atoms with E-state index in [2.05, 4.69) is 9.97 Å². The number of H-pyrrole nitrogens is 2. The molecule has 250 valence electrons. The van der Waals surface area contributed by atoms with Gasteiger partial charge in [0, 0.05) is 34.2 Å². The highest BCUT2D eigenvalue weighted by Crippen LogP contribution is 2.49. The van der Waals surface area contributed by atoms with Gasteiger partial charge in [0.15, 0.2) is 6.29 Å². The molecule has 49 heavy (non-hydrogen) atoms. The van der Waals surface area contributed by atoms with Gasteiger partial charge in [-0.2, -0.15) is 0 Å². The van der Waals surface area contributed by atoms with Gasteiger partial charge in [0.2, 0.25) is 0 Å². The van der Waals surface area contributed by atoms with Gasteiger partial charge in [-0.1, -0.05) is 48.5 Å². The minimum Gasteiger partial charge on any atom is -0.478 e. The lowest BCUT2D eigenvalue weighted by molar-refractivity contribution is 0.0698. The monoisotopic (exact) mass is 670 g/mol. The van der Waals surface area contributed by atoms with Gasteiger partial charge in [0.25, 0.3) is 0 Å². The number of aromatic amines is 2. The molecule has 0 radical (unpaired) electrons. The lowest BCUT2D eigenvalue weighted by Crippen LogP contribution is -2.11.